The Hall–Kier alpha value is -1.13. The van der Waals surface area contributed by atoms with Crippen LogP contribution < -0.4 is 5.32 Å². The zero-order chi connectivity index (χ0) is 12.4. The van der Waals surface area contributed by atoms with Gasteiger partial charge in [-0.05, 0) is 23.9 Å². The molecule has 2 aromatic heterocycles. The van der Waals surface area contributed by atoms with Gasteiger partial charge >= 0.3 is 0 Å². The van der Waals surface area contributed by atoms with Crippen LogP contribution in [0.2, 0.25) is 0 Å². The van der Waals surface area contributed by atoms with E-state index in [2.05, 4.69) is 48.8 Å². The van der Waals surface area contributed by atoms with Crippen molar-refractivity contribution in [3.05, 3.63) is 28.8 Å². The summed E-state index contributed by atoms with van der Waals surface area (Å²) >= 11 is 1.76. The summed E-state index contributed by atoms with van der Waals surface area (Å²) in [6.07, 6.45) is 2.10. The van der Waals surface area contributed by atoms with Gasteiger partial charge in [-0.1, -0.05) is 13.8 Å². The minimum atomic E-state index is 0.493. The molecule has 2 aromatic rings. The van der Waals surface area contributed by atoms with Gasteiger partial charge in [0.2, 0.25) is 0 Å². The van der Waals surface area contributed by atoms with E-state index < -0.39 is 0 Å². The molecule has 0 amide bonds. The van der Waals surface area contributed by atoms with Gasteiger partial charge in [0.05, 0.1) is 4.88 Å². The second-order valence-corrected chi connectivity index (χ2v) is 5.56. The SMILES string of the molecule is Cc1ccsc1-c1nn(C)cc1CNC(C)C. The molecular formula is C13H19N3S. The molecule has 0 saturated carbocycles. The Morgan fingerprint density at radius 2 is 2.24 bits per heavy atom. The maximum absolute atomic E-state index is 4.58. The first-order valence-electron chi connectivity index (χ1n) is 5.88. The lowest BCUT2D eigenvalue weighted by atomic mass is 10.1. The van der Waals surface area contributed by atoms with E-state index in [1.807, 2.05) is 11.7 Å². The van der Waals surface area contributed by atoms with E-state index in [0.717, 1.165) is 12.2 Å². The Morgan fingerprint density at radius 1 is 1.47 bits per heavy atom. The van der Waals surface area contributed by atoms with Crippen LogP contribution in [0, 0.1) is 6.92 Å². The van der Waals surface area contributed by atoms with Crippen LogP contribution >= 0.6 is 11.3 Å². The molecule has 2 rings (SSSR count). The molecule has 0 spiro atoms. The van der Waals surface area contributed by atoms with E-state index in [4.69, 9.17) is 0 Å². The van der Waals surface area contributed by atoms with Crippen molar-refractivity contribution in [2.24, 2.45) is 7.05 Å². The predicted molar refractivity (Wildman–Crippen MR) is 73.2 cm³/mol. The summed E-state index contributed by atoms with van der Waals surface area (Å²) in [7, 11) is 1.98. The quantitative estimate of drug-likeness (QED) is 0.903. The van der Waals surface area contributed by atoms with E-state index in [0.29, 0.717) is 6.04 Å². The standard InChI is InChI=1S/C13H19N3S/c1-9(2)14-7-11-8-16(4)15-12(11)13-10(3)5-6-17-13/h5-6,8-9,14H,7H2,1-4H3. The minimum Gasteiger partial charge on any atom is -0.310 e. The van der Waals surface area contributed by atoms with Crippen LogP contribution in [-0.2, 0) is 13.6 Å². The highest BCUT2D eigenvalue weighted by Gasteiger charge is 2.13. The molecule has 0 bridgehead atoms. The van der Waals surface area contributed by atoms with Crippen molar-refractivity contribution in [1.29, 1.82) is 0 Å². The second-order valence-electron chi connectivity index (χ2n) is 4.64. The van der Waals surface area contributed by atoms with Gasteiger partial charge in [-0.15, -0.1) is 11.3 Å². The number of thiophene rings is 1. The van der Waals surface area contributed by atoms with Crippen molar-refractivity contribution in [2.45, 2.75) is 33.4 Å². The van der Waals surface area contributed by atoms with Crippen LogP contribution in [0.25, 0.3) is 10.6 Å². The number of nitrogens with one attached hydrogen (secondary N) is 1. The lowest BCUT2D eigenvalue weighted by molar-refractivity contribution is 0.589. The Balaban J connectivity index is 2.31. The molecule has 0 saturated heterocycles. The second kappa shape index (κ2) is 5.02. The van der Waals surface area contributed by atoms with E-state index in [-0.39, 0.29) is 0 Å². The number of hydrogen-bond donors (Lipinski definition) is 1. The molecule has 92 valence electrons. The Bertz CT molecular complexity index is 496. The minimum absolute atomic E-state index is 0.493. The van der Waals surface area contributed by atoms with Crippen LogP contribution in [0.4, 0.5) is 0 Å². The summed E-state index contributed by atoms with van der Waals surface area (Å²) in [4.78, 5) is 1.28. The van der Waals surface area contributed by atoms with Gasteiger partial charge in [-0.3, -0.25) is 4.68 Å². The third-order valence-electron chi connectivity index (χ3n) is 2.68. The molecule has 0 unspecified atom stereocenters. The first-order valence-corrected chi connectivity index (χ1v) is 6.76. The fourth-order valence-corrected chi connectivity index (χ4v) is 2.73. The lowest BCUT2D eigenvalue weighted by Gasteiger charge is -2.07. The molecule has 0 atom stereocenters. The normalized spacial score (nSPS) is 11.4. The number of rotatable bonds is 4. The third kappa shape index (κ3) is 2.76. The average Bonchev–Trinajstić information content (AvgIpc) is 2.81. The maximum Gasteiger partial charge on any atom is 0.107 e. The molecule has 4 heteroatoms. The number of hydrogen-bond acceptors (Lipinski definition) is 3. The summed E-state index contributed by atoms with van der Waals surface area (Å²) in [5.41, 5.74) is 3.69. The van der Waals surface area contributed by atoms with E-state index in [9.17, 15) is 0 Å². The van der Waals surface area contributed by atoms with Gasteiger partial charge in [-0.2, -0.15) is 5.10 Å². The van der Waals surface area contributed by atoms with Gasteiger partial charge in [0.1, 0.15) is 5.69 Å². The summed E-state index contributed by atoms with van der Waals surface area (Å²) in [6, 6.07) is 2.64. The Morgan fingerprint density at radius 3 is 2.82 bits per heavy atom. The van der Waals surface area contributed by atoms with Crippen molar-refractivity contribution in [1.82, 2.24) is 15.1 Å². The van der Waals surface area contributed by atoms with Gasteiger partial charge in [0.25, 0.3) is 0 Å². The number of aromatic nitrogens is 2. The van der Waals surface area contributed by atoms with E-state index in [1.165, 1.54) is 16.0 Å². The van der Waals surface area contributed by atoms with E-state index in [1.54, 1.807) is 11.3 Å². The molecular weight excluding hydrogens is 230 g/mol. The average molecular weight is 249 g/mol. The molecule has 0 fully saturated rings. The molecule has 3 nitrogen and oxygen atoms in total. The number of nitrogens with zero attached hydrogens (tertiary/aromatic N) is 2. The van der Waals surface area contributed by atoms with Crippen molar-refractivity contribution in [3.63, 3.8) is 0 Å². The molecule has 0 aliphatic rings. The van der Waals surface area contributed by atoms with Crippen LogP contribution in [0.15, 0.2) is 17.6 Å². The van der Waals surface area contributed by atoms with Gasteiger partial charge in [0.15, 0.2) is 0 Å². The summed E-state index contributed by atoms with van der Waals surface area (Å²) in [6.45, 7) is 7.33. The van der Waals surface area contributed by atoms with Crippen LogP contribution in [0.3, 0.4) is 0 Å². The molecule has 0 radical (unpaired) electrons. The fourth-order valence-electron chi connectivity index (χ4n) is 1.79. The molecule has 1 N–H and O–H groups in total. The topological polar surface area (TPSA) is 29.9 Å². The summed E-state index contributed by atoms with van der Waals surface area (Å²) in [5, 5.41) is 10.2. The highest BCUT2D eigenvalue weighted by molar-refractivity contribution is 7.13. The fraction of sp³-hybridized carbons (Fsp3) is 0.462. The molecule has 17 heavy (non-hydrogen) atoms. The maximum atomic E-state index is 4.58. The van der Waals surface area contributed by atoms with E-state index >= 15 is 0 Å². The zero-order valence-electron chi connectivity index (χ0n) is 10.8. The molecule has 2 heterocycles. The molecule has 0 aromatic carbocycles. The number of aryl methyl sites for hydroxylation is 2. The molecule has 0 aliphatic heterocycles. The monoisotopic (exact) mass is 249 g/mol. The smallest absolute Gasteiger partial charge is 0.107 e. The first kappa shape index (κ1) is 12.3. The van der Waals surface area contributed by atoms with Gasteiger partial charge in [0, 0.05) is 31.4 Å². The van der Waals surface area contributed by atoms with Gasteiger partial charge in [-0.25, -0.2) is 0 Å². The highest BCUT2D eigenvalue weighted by Crippen LogP contribution is 2.30. The predicted octanol–water partition coefficient (Wildman–Crippen LogP) is 2.96. The van der Waals surface area contributed by atoms with Crippen LogP contribution in [-0.4, -0.2) is 15.8 Å². The first-order chi connectivity index (χ1) is 8.08. The largest absolute Gasteiger partial charge is 0.310 e. The summed E-state index contributed by atoms with van der Waals surface area (Å²) < 4.78 is 1.89. The van der Waals surface area contributed by atoms with Crippen molar-refractivity contribution in [3.8, 4) is 10.6 Å². The van der Waals surface area contributed by atoms with Crippen molar-refractivity contribution >= 4 is 11.3 Å². The Kier molecular flexibility index (Phi) is 3.64. The highest BCUT2D eigenvalue weighted by atomic mass is 32.1. The molecule has 0 aliphatic carbocycles. The Labute approximate surface area is 106 Å². The third-order valence-corrected chi connectivity index (χ3v) is 3.71. The van der Waals surface area contributed by atoms with Crippen molar-refractivity contribution < 1.29 is 0 Å². The lowest BCUT2D eigenvalue weighted by Crippen LogP contribution is -2.21. The van der Waals surface area contributed by atoms with Crippen LogP contribution in [0.1, 0.15) is 25.0 Å². The summed E-state index contributed by atoms with van der Waals surface area (Å²) in [5.74, 6) is 0. The van der Waals surface area contributed by atoms with Gasteiger partial charge < -0.3 is 5.32 Å². The van der Waals surface area contributed by atoms with Crippen molar-refractivity contribution in [2.75, 3.05) is 0 Å². The van der Waals surface area contributed by atoms with Crippen LogP contribution in [0.5, 0.6) is 0 Å². The zero-order valence-corrected chi connectivity index (χ0v) is 11.6.